The summed E-state index contributed by atoms with van der Waals surface area (Å²) in [6.45, 7) is 4.50. The molecule has 29 heavy (non-hydrogen) atoms. The normalized spacial score (nSPS) is 19.4. The first kappa shape index (κ1) is 19.8. The number of benzene rings is 1. The van der Waals surface area contributed by atoms with Gasteiger partial charge in [0.15, 0.2) is 5.82 Å². The first-order chi connectivity index (χ1) is 14.1. The van der Waals surface area contributed by atoms with Crippen molar-refractivity contribution >= 4 is 29.0 Å². The van der Waals surface area contributed by atoms with E-state index in [9.17, 15) is 9.18 Å². The van der Waals surface area contributed by atoms with Gasteiger partial charge in [0.1, 0.15) is 5.82 Å². The molecule has 2 aliphatic heterocycles. The zero-order valence-corrected chi connectivity index (χ0v) is 16.7. The lowest BCUT2D eigenvalue weighted by molar-refractivity contribution is -0.121. The molecule has 154 valence electrons. The van der Waals surface area contributed by atoms with Crippen molar-refractivity contribution in [2.45, 2.75) is 18.9 Å². The van der Waals surface area contributed by atoms with Crippen molar-refractivity contribution in [3.8, 4) is 0 Å². The van der Waals surface area contributed by atoms with E-state index in [2.05, 4.69) is 25.3 Å². The van der Waals surface area contributed by atoms with Gasteiger partial charge in [-0.25, -0.2) is 4.39 Å². The molecule has 1 N–H and O–H groups in total. The Bertz CT molecular complexity index is 857. The van der Waals surface area contributed by atoms with Gasteiger partial charge in [0.2, 0.25) is 5.91 Å². The number of rotatable bonds is 5. The SMILES string of the molecule is O=C(Cc1c(F)cccc1Cl)NC1CCN(c2cc(N3CCOCC3)cnn2)C1. The van der Waals surface area contributed by atoms with Crippen molar-refractivity contribution < 1.29 is 13.9 Å². The zero-order valence-electron chi connectivity index (χ0n) is 16.0. The molecule has 2 fully saturated rings. The van der Waals surface area contributed by atoms with Crippen molar-refractivity contribution in [1.82, 2.24) is 15.5 Å². The van der Waals surface area contributed by atoms with Crippen LogP contribution in [-0.2, 0) is 16.0 Å². The molecule has 1 aromatic heterocycles. The van der Waals surface area contributed by atoms with Crippen LogP contribution in [-0.4, -0.2) is 61.5 Å². The average molecular weight is 420 g/mol. The average Bonchev–Trinajstić information content (AvgIpc) is 3.20. The summed E-state index contributed by atoms with van der Waals surface area (Å²) < 4.78 is 19.3. The molecule has 0 saturated carbocycles. The van der Waals surface area contributed by atoms with Crippen LogP contribution in [0, 0.1) is 5.82 Å². The van der Waals surface area contributed by atoms with Crippen LogP contribution in [0.15, 0.2) is 30.5 Å². The van der Waals surface area contributed by atoms with Crippen LogP contribution in [0.3, 0.4) is 0 Å². The Balaban J connectivity index is 1.35. The maximum absolute atomic E-state index is 13.9. The summed E-state index contributed by atoms with van der Waals surface area (Å²) in [5, 5.41) is 11.7. The summed E-state index contributed by atoms with van der Waals surface area (Å²) in [4.78, 5) is 16.7. The Labute approximate surface area is 173 Å². The monoisotopic (exact) mass is 419 g/mol. The Morgan fingerprint density at radius 2 is 2.10 bits per heavy atom. The number of halogens is 2. The third-order valence-corrected chi connectivity index (χ3v) is 5.63. The van der Waals surface area contributed by atoms with Crippen molar-refractivity contribution in [2.24, 2.45) is 0 Å². The van der Waals surface area contributed by atoms with Gasteiger partial charge in [-0.15, -0.1) is 5.10 Å². The summed E-state index contributed by atoms with van der Waals surface area (Å²) in [7, 11) is 0. The van der Waals surface area contributed by atoms with E-state index in [0.717, 1.165) is 37.6 Å². The van der Waals surface area contributed by atoms with E-state index in [0.29, 0.717) is 19.8 Å². The molecule has 1 amide bonds. The second-order valence-corrected chi connectivity index (χ2v) is 7.65. The molecule has 0 aliphatic carbocycles. The molecule has 1 atom stereocenters. The van der Waals surface area contributed by atoms with E-state index in [4.69, 9.17) is 16.3 Å². The van der Waals surface area contributed by atoms with E-state index < -0.39 is 5.82 Å². The Morgan fingerprint density at radius 3 is 2.90 bits per heavy atom. The third-order valence-electron chi connectivity index (χ3n) is 5.28. The Morgan fingerprint density at radius 1 is 1.28 bits per heavy atom. The zero-order chi connectivity index (χ0) is 20.2. The van der Waals surface area contributed by atoms with Crippen LogP contribution < -0.4 is 15.1 Å². The summed E-state index contributed by atoms with van der Waals surface area (Å²) in [5.74, 6) is 0.0933. The fourth-order valence-corrected chi connectivity index (χ4v) is 3.95. The lowest BCUT2D eigenvalue weighted by Gasteiger charge is -2.29. The molecular formula is C20H23ClFN5O2. The molecule has 2 saturated heterocycles. The standard InChI is InChI=1S/C20H23ClFN5O2/c21-17-2-1-3-18(22)16(17)11-20(28)24-14-4-5-27(13-14)19-10-15(12-23-25-19)26-6-8-29-9-7-26/h1-3,10,12,14H,4-9,11,13H2,(H,24,28). The van der Waals surface area contributed by atoms with Crippen LogP contribution in [0.2, 0.25) is 5.02 Å². The minimum atomic E-state index is -0.462. The van der Waals surface area contributed by atoms with Gasteiger partial charge in [-0.1, -0.05) is 17.7 Å². The van der Waals surface area contributed by atoms with E-state index in [1.54, 1.807) is 12.3 Å². The number of anilines is 2. The number of aromatic nitrogens is 2. The predicted octanol–water partition coefficient (Wildman–Crippen LogP) is 2.04. The summed E-state index contributed by atoms with van der Waals surface area (Å²) in [6, 6.07) is 6.43. The smallest absolute Gasteiger partial charge is 0.224 e. The highest BCUT2D eigenvalue weighted by Crippen LogP contribution is 2.24. The van der Waals surface area contributed by atoms with Crippen molar-refractivity contribution in [1.29, 1.82) is 0 Å². The number of carbonyl (C=O) groups excluding carboxylic acids is 1. The fourth-order valence-electron chi connectivity index (χ4n) is 3.72. The Hall–Kier alpha value is -2.45. The molecule has 2 aromatic rings. The van der Waals surface area contributed by atoms with Crippen LogP contribution in [0.4, 0.5) is 15.9 Å². The number of morpholine rings is 1. The lowest BCUT2D eigenvalue weighted by atomic mass is 10.1. The second-order valence-electron chi connectivity index (χ2n) is 7.25. The van der Waals surface area contributed by atoms with Gasteiger partial charge >= 0.3 is 0 Å². The number of hydrogen-bond donors (Lipinski definition) is 1. The van der Waals surface area contributed by atoms with E-state index in [-0.39, 0.29) is 29.0 Å². The highest BCUT2D eigenvalue weighted by atomic mass is 35.5. The van der Waals surface area contributed by atoms with E-state index in [1.165, 1.54) is 12.1 Å². The molecule has 4 rings (SSSR count). The van der Waals surface area contributed by atoms with Crippen molar-refractivity contribution in [3.05, 3.63) is 46.9 Å². The Kier molecular flexibility index (Phi) is 6.10. The molecule has 0 bridgehead atoms. The highest BCUT2D eigenvalue weighted by Gasteiger charge is 2.26. The molecule has 7 nitrogen and oxygen atoms in total. The minimum absolute atomic E-state index is 0.0260. The third kappa shape index (κ3) is 4.76. The molecule has 2 aliphatic rings. The van der Waals surface area contributed by atoms with Crippen molar-refractivity contribution in [3.63, 3.8) is 0 Å². The van der Waals surface area contributed by atoms with E-state index >= 15 is 0 Å². The van der Waals surface area contributed by atoms with Gasteiger partial charge in [0.05, 0.1) is 31.5 Å². The number of ether oxygens (including phenoxy) is 1. The topological polar surface area (TPSA) is 70.6 Å². The maximum atomic E-state index is 13.9. The van der Waals surface area contributed by atoms with Crippen LogP contribution in [0.25, 0.3) is 0 Å². The van der Waals surface area contributed by atoms with Gasteiger partial charge in [-0.2, -0.15) is 5.10 Å². The second kappa shape index (κ2) is 8.92. The number of hydrogen-bond acceptors (Lipinski definition) is 6. The van der Waals surface area contributed by atoms with Crippen LogP contribution in [0.1, 0.15) is 12.0 Å². The van der Waals surface area contributed by atoms with E-state index in [1.807, 2.05) is 6.07 Å². The summed E-state index contributed by atoms with van der Waals surface area (Å²) >= 11 is 6.02. The first-order valence-corrected chi connectivity index (χ1v) is 10.1. The number of carbonyl (C=O) groups is 1. The van der Waals surface area contributed by atoms with Gasteiger partial charge in [0, 0.05) is 48.9 Å². The molecule has 1 unspecified atom stereocenters. The van der Waals surface area contributed by atoms with Gasteiger partial charge in [-0.3, -0.25) is 4.79 Å². The maximum Gasteiger partial charge on any atom is 0.224 e. The predicted molar refractivity (Wildman–Crippen MR) is 109 cm³/mol. The highest BCUT2D eigenvalue weighted by molar-refractivity contribution is 6.31. The van der Waals surface area contributed by atoms with Gasteiger partial charge in [-0.05, 0) is 18.6 Å². The first-order valence-electron chi connectivity index (χ1n) is 9.73. The molecule has 0 spiro atoms. The minimum Gasteiger partial charge on any atom is -0.378 e. The molecule has 3 heterocycles. The largest absolute Gasteiger partial charge is 0.378 e. The quantitative estimate of drug-likeness (QED) is 0.799. The fraction of sp³-hybridized carbons (Fsp3) is 0.450. The molecule has 9 heteroatoms. The van der Waals surface area contributed by atoms with Crippen LogP contribution >= 0.6 is 11.6 Å². The van der Waals surface area contributed by atoms with Gasteiger partial charge < -0.3 is 19.9 Å². The number of nitrogens with zero attached hydrogens (tertiary/aromatic N) is 4. The van der Waals surface area contributed by atoms with Crippen molar-refractivity contribution in [2.75, 3.05) is 49.2 Å². The summed E-state index contributed by atoms with van der Waals surface area (Å²) in [6.07, 6.45) is 2.48. The van der Waals surface area contributed by atoms with Gasteiger partial charge in [0.25, 0.3) is 0 Å². The number of amides is 1. The summed E-state index contributed by atoms with van der Waals surface area (Å²) in [5.41, 5.74) is 1.26. The molecule has 0 radical (unpaired) electrons. The number of nitrogens with one attached hydrogen (secondary N) is 1. The molecule has 1 aromatic carbocycles. The lowest BCUT2D eigenvalue weighted by Crippen LogP contribution is -2.38. The molecular weight excluding hydrogens is 397 g/mol. The van der Waals surface area contributed by atoms with Crippen LogP contribution in [0.5, 0.6) is 0 Å².